The molecule has 0 saturated carbocycles. The summed E-state index contributed by atoms with van der Waals surface area (Å²) in [6.07, 6.45) is 1.30. The molecule has 2 rings (SSSR count). The number of sulfonamides is 1. The Morgan fingerprint density at radius 3 is 2.30 bits per heavy atom. The average Bonchev–Trinajstić information content (AvgIpc) is 2.71. The fourth-order valence-electron chi connectivity index (χ4n) is 3.52. The Bertz CT molecular complexity index is 1090. The van der Waals surface area contributed by atoms with E-state index >= 15 is 0 Å². The zero-order valence-corrected chi connectivity index (χ0v) is 20.5. The molecule has 1 atom stereocenters. The van der Waals surface area contributed by atoms with Crippen LogP contribution in [0, 0.1) is 12.7 Å². The highest BCUT2D eigenvalue weighted by molar-refractivity contribution is 7.92. The molecular formula is C24H32FN3O4S. The maximum atomic E-state index is 13.8. The molecule has 0 aliphatic rings. The molecule has 0 saturated heterocycles. The summed E-state index contributed by atoms with van der Waals surface area (Å²) in [6.45, 7) is 6.93. The van der Waals surface area contributed by atoms with Crippen LogP contribution in [0.4, 0.5) is 10.1 Å². The number of amides is 2. The van der Waals surface area contributed by atoms with Crippen LogP contribution in [0.15, 0.2) is 48.5 Å². The van der Waals surface area contributed by atoms with Crippen molar-refractivity contribution in [1.29, 1.82) is 0 Å². The molecule has 0 aromatic heterocycles. The van der Waals surface area contributed by atoms with Gasteiger partial charge in [-0.2, -0.15) is 0 Å². The second-order valence-electron chi connectivity index (χ2n) is 8.28. The van der Waals surface area contributed by atoms with Gasteiger partial charge in [0, 0.05) is 12.6 Å². The molecule has 1 N–H and O–H groups in total. The Labute approximate surface area is 195 Å². The van der Waals surface area contributed by atoms with Gasteiger partial charge in [0.15, 0.2) is 0 Å². The predicted octanol–water partition coefficient (Wildman–Crippen LogP) is 3.23. The van der Waals surface area contributed by atoms with Gasteiger partial charge in [0.1, 0.15) is 18.4 Å². The van der Waals surface area contributed by atoms with Gasteiger partial charge in [-0.15, -0.1) is 0 Å². The minimum atomic E-state index is -3.90. The third-order valence-corrected chi connectivity index (χ3v) is 6.33. The fourth-order valence-corrected chi connectivity index (χ4v) is 4.36. The standard InChI is InChI=1S/C24H32FN3O4S/c1-6-22(24(30)26-17(2)3)27(15-19-11-8-7-10-18(19)4)23(29)16-28(33(5,31)32)21-13-9-12-20(25)14-21/h7-14,17,22H,6,15-16H2,1-5H3,(H,26,30)/t22-/m0/s1. The molecule has 0 bridgehead atoms. The number of benzene rings is 2. The SMILES string of the molecule is CC[C@@H](C(=O)NC(C)C)N(Cc1ccccc1C)C(=O)CN(c1cccc(F)c1)S(C)(=O)=O. The number of nitrogens with zero attached hydrogens (tertiary/aromatic N) is 2. The van der Waals surface area contributed by atoms with Gasteiger partial charge in [-0.1, -0.05) is 37.3 Å². The maximum absolute atomic E-state index is 13.8. The Balaban J connectivity index is 2.46. The number of hydrogen-bond donors (Lipinski definition) is 1. The molecule has 2 amide bonds. The number of nitrogens with one attached hydrogen (secondary N) is 1. The van der Waals surface area contributed by atoms with Crippen molar-refractivity contribution < 1.29 is 22.4 Å². The van der Waals surface area contributed by atoms with Crippen LogP contribution in [0.2, 0.25) is 0 Å². The van der Waals surface area contributed by atoms with Crippen LogP contribution in [0.5, 0.6) is 0 Å². The number of carbonyl (C=O) groups excluding carboxylic acids is 2. The van der Waals surface area contributed by atoms with E-state index in [1.807, 2.05) is 45.0 Å². The largest absolute Gasteiger partial charge is 0.352 e. The van der Waals surface area contributed by atoms with Crippen LogP contribution in [0.25, 0.3) is 0 Å². The molecule has 33 heavy (non-hydrogen) atoms. The highest BCUT2D eigenvalue weighted by atomic mass is 32.2. The van der Waals surface area contributed by atoms with E-state index < -0.39 is 34.3 Å². The first-order valence-corrected chi connectivity index (χ1v) is 12.7. The summed E-state index contributed by atoms with van der Waals surface area (Å²) in [5, 5.41) is 2.84. The van der Waals surface area contributed by atoms with Crippen molar-refractivity contribution >= 4 is 27.5 Å². The van der Waals surface area contributed by atoms with Crippen LogP contribution in [-0.2, 0) is 26.2 Å². The molecule has 0 fully saturated rings. The number of carbonyl (C=O) groups is 2. The minimum absolute atomic E-state index is 0.0429. The molecule has 0 spiro atoms. The summed E-state index contributed by atoms with van der Waals surface area (Å²) in [6, 6.07) is 11.6. The van der Waals surface area contributed by atoms with Crippen LogP contribution < -0.4 is 9.62 Å². The molecule has 9 heteroatoms. The number of hydrogen-bond acceptors (Lipinski definition) is 4. The lowest BCUT2D eigenvalue weighted by atomic mass is 10.1. The third-order valence-electron chi connectivity index (χ3n) is 5.19. The van der Waals surface area contributed by atoms with Gasteiger partial charge in [0.25, 0.3) is 0 Å². The molecular weight excluding hydrogens is 445 g/mol. The number of rotatable bonds is 10. The normalized spacial score (nSPS) is 12.3. The smallest absolute Gasteiger partial charge is 0.244 e. The van der Waals surface area contributed by atoms with Crippen molar-refractivity contribution in [3.8, 4) is 0 Å². The first kappa shape index (κ1) is 26.3. The second kappa shape index (κ2) is 11.3. The molecule has 0 unspecified atom stereocenters. The topological polar surface area (TPSA) is 86.8 Å². The highest BCUT2D eigenvalue weighted by Crippen LogP contribution is 2.21. The van der Waals surface area contributed by atoms with Gasteiger partial charge in [-0.05, 0) is 56.5 Å². The summed E-state index contributed by atoms with van der Waals surface area (Å²) in [4.78, 5) is 27.8. The lowest BCUT2D eigenvalue weighted by Gasteiger charge is -2.33. The Morgan fingerprint density at radius 1 is 1.09 bits per heavy atom. The van der Waals surface area contributed by atoms with Gasteiger partial charge < -0.3 is 10.2 Å². The molecule has 0 heterocycles. The summed E-state index contributed by atoms with van der Waals surface area (Å²) >= 11 is 0. The first-order chi connectivity index (χ1) is 15.4. The van der Waals surface area contributed by atoms with Crippen molar-refractivity contribution in [3.05, 3.63) is 65.5 Å². The molecule has 0 aliphatic heterocycles. The van der Waals surface area contributed by atoms with E-state index in [1.54, 1.807) is 6.92 Å². The third kappa shape index (κ3) is 7.28. The van der Waals surface area contributed by atoms with Crippen molar-refractivity contribution in [2.45, 2.75) is 52.7 Å². The summed E-state index contributed by atoms with van der Waals surface area (Å²) < 4.78 is 39.6. The summed E-state index contributed by atoms with van der Waals surface area (Å²) in [5.41, 5.74) is 1.83. The van der Waals surface area contributed by atoms with Gasteiger partial charge in [0.05, 0.1) is 11.9 Å². The lowest BCUT2D eigenvalue weighted by Crippen LogP contribution is -2.53. The first-order valence-electron chi connectivity index (χ1n) is 10.8. The zero-order chi connectivity index (χ0) is 24.8. The second-order valence-corrected chi connectivity index (χ2v) is 10.2. The monoisotopic (exact) mass is 477 g/mol. The lowest BCUT2D eigenvalue weighted by molar-refractivity contribution is -0.140. The van der Waals surface area contributed by atoms with E-state index in [0.29, 0.717) is 6.42 Å². The van der Waals surface area contributed by atoms with Crippen LogP contribution in [0.3, 0.4) is 0 Å². The Morgan fingerprint density at radius 2 is 1.76 bits per heavy atom. The van der Waals surface area contributed by atoms with E-state index in [-0.39, 0.29) is 24.2 Å². The van der Waals surface area contributed by atoms with Crippen molar-refractivity contribution in [3.63, 3.8) is 0 Å². The van der Waals surface area contributed by atoms with Gasteiger partial charge in [0.2, 0.25) is 21.8 Å². The van der Waals surface area contributed by atoms with Crippen molar-refractivity contribution in [1.82, 2.24) is 10.2 Å². The van der Waals surface area contributed by atoms with E-state index in [0.717, 1.165) is 27.8 Å². The van der Waals surface area contributed by atoms with E-state index in [4.69, 9.17) is 0 Å². The molecule has 7 nitrogen and oxygen atoms in total. The number of aryl methyl sites for hydroxylation is 1. The molecule has 0 aliphatic carbocycles. The molecule has 0 radical (unpaired) electrons. The van der Waals surface area contributed by atoms with Gasteiger partial charge >= 0.3 is 0 Å². The predicted molar refractivity (Wildman–Crippen MR) is 128 cm³/mol. The quantitative estimate of drug-likeness (QED) is 0.569. The summed E-state index contributed by atoms with van der Waals surface area (Å²) in [5.74, 6) is -1.49. The number of halogens is 1. The summed E-state index contributed by atoms with van der Waals surface area (Å²) in [7, 11) is -3.90. The van der Waals surface area contributed by atoms with Crippen LogP contribution in [-0.4, -0.2) is 50.0 Å². The molecule has 2 aromatic rings. The molecule has 180 valence electrons. The average molecular weight is 478 g/mol. The highest BCUT2D eigenvalue weighted by Gasteiger charge is 2.32. The fraction of sp³-hybridized carbons (Fsp3) is 0.417. The van der Waals surface area contributed by atoms with Gasteiger partial charge in [-0.3, -0.25) is 13.9 Å². The van der Waals surface area contributed by atoms with Crippen LogP contribution in [0.1, 0.15) is 38.3 Å². The van der Waals surface area contributed by atoms with E-state index in [2.05, 4.69) is 5.32 Å². The van der Waals surface area contributed by atoms with E-state index in [1.165, 1.54) is 23.1 Å². The van der Waals surface area contributed by atoms with Crippen molar-refractivity contribution in [2.75, 3.05) is 17.1 Å². The van der Waals surface area contributed by atoms with E-state index in [9.17, 15) is 22.4 Å². The molecule has 2 aromatic carbocycles. The van der Waals surface area contributed by atoms with Crippen LogP contribution >= 0.6 is 0 Å². The minimum Gasteiger partial charge on any atom is -0.352 e. The zero-order valence-electron chi connectivity index (χ0n) is 19.7. The van der Waals surface area contributed by atoms with Gasteiger partial charge in [-0.25, -0.2) is 12.8 Å². The van der Waals surface area contributed by atoms with Crippen molar-refractivity contribution in [2.24, 2.45) is 0 Å². The maximum Gasteiger partial charge on any atom is 0.244 e. The Hall–Kier alpha value is -2.94. The Kier molecular flexibility index (Phi) is 8.99. The number of anilines is 1.